The van der Waals surface area contributed by atoms with E-state index in [-0.39, 0.29) is 17.6 Å². The number of hydrogen-bond donors (Lipinski definition) is 0. The fraction of sp³-hybridized carbons (Fsp3) is 0.571. The van der Waals surface area contributed by atoms with E-state index in [1.807, 2.05) is 13.8 Å². The third kappa shape index (κ3) is 4.03. The summed E-state index contributed by atoms with van der Waals surface area (Å²) < 4.78 is 22.1. The Labute approximate surface area is 122 Å². The molecule has 0 spiro atoms. The monoisotopic (exact) mass is 299 g/mol. The molecule has 1 rings (SSSR count). The molecule has 5 nitrogen and oxygen atoms in total. The molecular weight excluding hydrogens is 278 g/mol. The van der Waals surface area contributed by atoms with E-state index in [0.717, 1.165) is 22.6 Å². The maximum absolute atomic E-state index is 12.2. The van der Waals surface area contributed by atoms with Crippen LogP contribution in [0.15, 0.2) is 6.20 Å². The van der Waals surface area contributed by atoms with Gasteiger partial charge in [-0.3, -0.25) is 14.0 Å². The van der Waals surface area contributed by atoms with Crippen LogP contribution in [0.3, 0.4) is 0 Å². The van der Waals surface area contributed by atoms with E-state index >= 15 is 0 Å². The van der Waals surface area contributed by atoms with Crippen LogP contribution in [0.4, 0.5) is 0 Å². The van der Waals surface area contributed by atoms with Crippen LogP contribution in [-0.2, 0) is 26.1 Å². The van der Waals surface area contributed by atoms with Gasteiger partial charge >= 0.3 is 5.97 Å². The lowest BCUT2D eigenvalue weighted by atomic mass is 10.1. The van der Waals surface area contributed by atoms with Crippen LogP contribution in [0.2, 0.25) is 0 Å². The number of carbonyl (C=O) groups is 1. The third-order valence-electron chi connectivity index (χ3n) is 3.16. The van der Waals surface area contributed by atoms with Crippen LogP contribution in [0.25, 0.3) is 0 Å². The Kier molecular flexibility index (Phi) is 6.13. The average molecular weight is 299 g/mol. The molecule has 0 aromatic carbocycles. The third-order valence-corrected chi connectivity index (χ3v) is 4.78. The summed E-state index contributed by atoms with van der Waals surface area (Å²) in [4.78, 5) is 15.5. The summed E-state index contributed by atoms with van der Waals surface area (Å²) in [5.74, 6) is 0.727. The number of aryl methyl sites for hydroxylation is 1. The summed E-state index contributed by atoms with van der Waals surface area (Å²) in [6, 6.07) is 0. The Morgan fingerprint density at radius 3 is 2.60 bits per heavy atom. The first-order chi connectivity index (χ1) is 9.40. The molecule has 1 aromatic heterocycles. The van der Waals surface area contributed by atoms with Gasteiger partial charge in [0.05, 0.1) is 32.1 Å². The van der Waals surface area contributed by atoms with E-state index in [1.165, 1.54) is 7.11 Å². The fourth-order valence-electron chi connectivity index (χ4n) is 1.90. The summed E-state index contributed by atoms with van der Waals surface area (Å²) in [7, 11) is 1.75. The van der Waals surface area contributed by atoms with Gasteiger partial charge in [-0.2, -0.15) is 0 Å². The highest BCUT2D eigenvalue weighted by atomic mass is 32.2. The van der Waals surface area contributed by atoms with Gasteiger partial charge < -0.3 is 9.47 Å². The molecule has 2 atom stereocenters. The molecule has 0 amide bonds. The van der Waals surface area contributed by atoms with E-state index in [2.05, 4.69) is 9.72 Å². The minimum atomic E-state index is -1.18. The van der Waals surface area contributed by atoms with Crippen molar-refractivity contribution in [1.29, 1.82) is 0 Å². The molecule has 2 unspecified atom stereocenters. The highest BCUT2D eigenvalue weighted by Gasteiger charge is 2.19. The lowest BCUT2D eigenvalue weighted by Gasteiger charge is -2.14. The van der Waals surface area contributed by atoms with Crippen molar-refractivity contribution in [3.05, 3.63) is 23.0 Å². The van der Waals surface area contributed by atoms with Gasteiger partial charge in [-0.15, -0.1) is 0 Å². The molecule has 0 radical (unpaired) electrons. The summed E-state index contributed by atoms with van der Waals surface area (Å²) in [5.41, 5.74) is 2.58. The number of hydrogen-bond acceptors (Lipinski definition) is 5. The standard InChI is InChI=1S/C14H21NO4S/c1-9-7-15-12(11(3)14(9)19-5)8-20(17)10(2)6-13(16)18-4/h7,10H,6,8H2,1-5H3. The van der Waals surface area contributed by atoms with Gasteiger partial charge in [0, 0.05) is 33.4 Å². The Morgan fingerprint density at radius 2 is 2.05 bits per heavy atom. The Hall–Kier alpha value is -1.43. The summed E-state index contributed by atoms with van der Waals surface area (Å²) in [5, 5.41) is -0.268. The number of pyridine rings is 1. The zero-order valence-electron chi connectivity index (χ0n) is 12.6. The minimum Gasteiger partial charge on any atom is -0.496 e. The molecule has 6 heteroatoms. The second-order valence-electron chi connectivity index (χ2n) is 4.66. The van der Waals surface area contributed by atoms with Gasteiger partial charge in [0.25, 0.3) is 0 Å². The van der Waals surface area contributed by atoms with Crippen LogP contribution in [-0.4, -0.2) is 34.6 Å². The molecule has 0 aliphatic heterocycles. The predicted octanol–water partition coefficient (Wildman–Crippen LogP) is 1.91. The van der Waals surface area contributed by atoms with E-state index in [0.29, 0.717) is 5.75 Å². The van der Waals surface area contributed by atoms with Crippen molar-refractivity contribution in [2.45, 2.75) is 38.2 Å². The summed E-state index contributed by atoms with van der Waals surface area (Å²) in [6.07, 6.45) is 1.86. The van der Waals surface area contributed by atoms with Crippen molar-refractivity contribution < 1.29 is 18.5 Å². The SMILES string of the molecule is COC(=O)CC(C)S(=O)Cc1ncc(C)c(OC)c1C. The summed E-state index contributed by atoms with van der Waals surface area (Å²) >= 11 is 0. The number of rotatable bonds is 6. The van der Waals surface area contributed by atoms with E-state index in [1.54, 1.807) is 20.2 Å². The van der Waals surface area contributed by atoms with E-state index in [9.17, 15) is 9.00 Å². The van der Waals surface area contributed by atoms with Gasteiger partial charge in [0.2, 0.25) is 0 Å². The normalized spacial score (nSPS) is 13.7. The van der Waals surface area contributed by atoms with Crippen molar-refractivity contribution in [3.8, 4) is 5.75 Å². The fourth-order valence-corrected chi connectivity index (χ4v) is 3.07. The first-order valence-electron chi connectivity index (χ1n) is 6.33. The van der Waals surface area contributed by atoms with E-state index in [4.69, 9.17) is 4.74 Å². The average Bonchev–Trinajstić information content (AvgIpc) is 2.42. The number of esters is 1. The molecule has 0 bridgehead atoms. The number of aromatic nitrogens is 1. The predicted molar refractivity (Wildman–Crippen MR) is 78.2 cm³/mol. The smallest absolute Gasteiger partial charge is 0.306 e. The Bertz CT molecular complexity index is 516. The molecule has 1 heterocycles. The van der Waals surface area contributed by atoms with Crippen molar-refractivity contribution in [3.63, 3.8) is 0 Å². The van der Waals surface area contributed by atoms with Crippen molar-refractivity contribution in [2.24, 2.45) is 0 Å². The number of nitrogens with zero attached hydrogens (tertiary/aromatic N) is 1. The van der Waals surface area contributed by atoms with Gasteiger partial charge in [-0.25, -0.2) is 0 Å². The number of ether oxygens (including phenoxy) is 2. The molecule has 0 N–H and O–H groups in total. The van der Waals surface area contributed by atoms with Crippen LogP contribution >= 0.6 is 0 Å². The second-order valence-corrected chi connectivity index (χ2v) is 6.52. The first kappa shape index (κ1) is 16.6. The van der Waals surface area contributed by atoms with Crippen LogP contribution in [0, 0.1) is 13.8 Å². The molecule has 0 saturated carbocycles. The van der Waals surface area contributed by atoms with Gasteiger partial charge in [-0.1, -0.05) is 6.92 Å². The molecule has 0 aliphatic rings. The molecule has 0 saturated heterocycles. The van der Waals surface area contributed by atoms with Crippen LogP contribution in [0.1, 0.15) is 30.2 Å². The van der Waals surface area contributed by atoms with Gasteiger partial charge in [-0.05, 0) is 13.8 Å². The van der Waals surface area contributed by atoms with Crippen molar-refractivity contribution >= 4 is 16.8 Å². The molecule has 20 heavy (non-hydrogen) atoms. The molecular formula is C14H21NO4S. The first-order valence-corrected chi connectivity index (χ1v) is 7.72. The van der Waals surface area contributed by atoms with E-state index < -0.39 is 10.8 Å². The quantitative estimate of drug-likeness (QED) is 0.751. The van der Waals surface area contributed by atoms with Gasteiger partial charge in [0.15, 0.2) is 0 Å². The lowest BCUT2D eigenvalue weighted by Crippen LogP contribution is -2.19. The van der Waals surface area contributed by atoms with Crippen LogP contribution < -0.4 is 4.74 Å². The maximum Gasteiger partial charge on any atom is 0.306 e. The zero-order chi connectivity index (χ0) is 15.3. The van der Waals surface area contributed by atoms with Crippen molar-refractivity contribution in [2.75, 3.05) is 14.2 Å². The van der Waals surface area contributed by atoms with Crippen LogP contribution in [0.5, 0.6) is 5.75 Å². The minimum absolute atomic E-state index is 0.144. The molecule has 1 aromatic rings. The van der Waals surface area contributed by atoms with Gasteiger partial charge in [0.1, 0.15) is 5.75 Å². The Balaban J connectivity index is 2.83. The molecule has 112 valence electrons. The number of carbonyl (C=O) groups excluding carboxylic acids is 1. The largest absolute Gasteiger partial charge is 0.496 e. The number of methoxy groups -OCH3 is 2. The highest BCUT2D eigenvalue weighted by molar-refractivity contribution is 7.84. The summed E-state index contributed by atoms with van der Waals surface area (Å²) in [6.45, 7) is 5.59. The lowest BCUT2D eigenvalue weighted by molar-refractivity contribution is -0.140. The topological polar surface area (TPSA) is 65.5 Å². The maximum atomic E-state index is 12.2. The molecule has 0 aliphatic carbocycles. The second kappa shape index (κ2) is 7.38. The van der Waals surface area contributed by atoms with Crippen molar-refractivity contribution in [1.82, 2.24) is 4.98 Å². The zero-order valence-corrected chi connectivity index (χ0v) is 13.4. The Morgan fingerprint density at radius 1 is 1.40 bits per heavy atom. The molecule has 0 fully saturated rings. The highest BCUT2D eigenvalue weighted by Crippen LogP contribution is 2.25.